The van der Waals surface area contributed by atoms with Crippen molar-refractivity contribution in [3.8, 4) is 35.4 Å². The number of fused-ring (bicyclic) bond motifs is 2. The molecular formula is C36H36F2N8O2. The van der Waals surface area contributed by atoms with Crippen LogP contribution in [0.4, 0.5) is 20.5 Å². The van der Waals surface area contributed by atoms with Crippen molar-refractivity contribution in [2.24, 2.45) is 5.41 Å². The molecule has 0 bridgehead atoms. The lowest BCUT2D eigenvalue weighted by Crippen LogP contribution is -2.58. The van der Waals surface area contributed by atoms with E-state index in [0.717, 1.165) is 0 Å². The molecule has 0 radical (unpaired) electrons. The minimum atomic E-state index is -0.860. The van der Waals surface area contributed by atoms with Gasteiger partial charge in [-0.15, -0.1) is 6.42 Å². The van der Waals surface area contributed by atoms with Gasteiger partial charge in [-0.3, -0.25) is 9.78 Å². The number of nitriles is 1. The van der Waals surface area contributed by atoms with Gasteiger partial charge in [-0.2, -0.15) is 10.2 Å². The Morgan fingerprint density at radius 1 is 1.19 bits per heavy atom. The molecule has 10 nitrogen and oxygen atoms in total. The number of nitrogens with zero attached hydrogens (tertiary/aromatic N) is 8. The molecule has 48 heavy (non-hydrogen) atoms. The van der Waals surface area contributed by atoms with Crippen LogP contribution in [0.2, 0.25) is 0 Å². The number of carbonyl (C=O) groups is 1. The summed E-state index contributed by atoms with van der Waals surface area (Å²) in [5.74, 6) is 1.19. The summed E-state index contributed by atoms with van der Waals surface area (Å²) in [6.45, 7) is 7.47. The fourth-order valence-electron chi connectivity index (χ4n) is 6.77. The maximum absolute atomic E-state index is 17.0. The van der Waals surface area contributed by atoms with Gasteiger partial charge in [0.2, 0.25) is 11.9 Å². The number of anilines is 2. The summed E-state index contributed by atoms with van der Waals surface area (Å²) < 4.78 is 31.8. The molecule has 2 saturated heterocycles. The van der Waals surface area contributed by atoms with Crippen LogP contribution in [0.15, 0.2) is 43.1 Å². The summed E-state index contributed by atoms with van der Waals surface area (Å²) >= 11 is 0. The number of aromatic hydroxyl groups is 1. The first-order valence-electron chi connectivity index (χ1n) is 15.7. The van der Waals surface area contributed by atoms with Crippen molar-refractivity contribution in [2.75, 3.05) is 57.1 Å². The SMILES string of the molecule is C#Cc1c(F)ccc2cc(O)cc(-c3ncc4c(N5CCCC(C)(C#N)C(N(C)C(=O)C=C)C5)nc(N5CC(N(C)C)C5)nc4c3F)c12. The highest BCUT2D eigenvalue weighted by Crippen LogP contribution is 2.41. The molecule has 4 heterocycles. The molecule has 2 fully saturated rings. The van der Waals surface area contributed by atoms with Crippen molar-refractivity contribution in [1.29, 1.82) is 5.26 Å². The van der Waals surface area contributed by atoms with Gasteiger partial charge >= 0.3 is 0 Å². The number of phenolic OH excluding ortho intramolecular Hbond substituents is 1. The van der Waals surface area contributed by atoms with Crippen LogP contribution >= 0.6 is 0 Å². The second kappa shape index (κ2) is 12.4. The van der Waals surface area contributed by atoms with Crippen LogP contribution in [0.3, 0.4) is 0 Å². The molecule has 2 aromatic heterocycles. The van der Waals surface area contributed by atoms with E-state index in [9.17, 15) is 19.6 Å². The monoisotopic (exact) mass is 650 g/mol. The first-order chi connectivity index (χ1) is 22.9. The largest absolute Gasteiger partial charge is 0.508 e. The number of terminal acetylenes is 1. The Labute approximate surface area is 277 Å². The third-order valence-corrected chi connectivity index (χ3v) is 9.78. The fraction of sp³-hybridized carbons (Fsp3) is 0.361. The van der Waals surface area contributed by atoms with Crippen LogP contribution in [-0.2, 0) is 4.79 Å². The number of hydrogen-bond acceptors (Lipinski definition) is 9. The van der Waals surface area contributed by atoms with Crippen molar-refractivity contribution in [3.63, 3.8) is 0 Å². The number of amides is 1. The van der Waals surface area contributed by atoms with E-state index in [1.807, 2.05) is 30.8 Å². The van der Waals surface area contributed by atoms with Crippen molar-refractivity contribution < 1.29 is 18.7 Å². The van der Waals surface area contributed by atoms with E-state index in [1.54, 1.807) is 7.05 Å². The number of likely N-dealkylation sites (N-methyl/N-ethyl adjacent to an activating group) is 2. The van der Waals surface area contributed by atoms with Gasteiger partial charge in [0.15, 0.2) is 5.82 Å². The molecule has 12 heteroatoms. The van der Waals surface area contributed by atoms with Gasteiger partial charge in [0.1, 0.15) is 28.6 Å². The number of rotatable bonds is 6. The van der Waals surface area contributed by atoms with Crippen molar-refractivity contribution in [1.82, 2.24) is 24.8 Å². The molecule has 2 aromatic carbocycles. The summed E-state index contributed by atoms with van der Waals surface area (Å²) in [5.41, 5.74) is -0.973. The Hall–Kier alpha value is -5.33. The van der Waals surface area contributed by atoms with E-state index < -0.39 is 23.1 Å². The average molecular weight is 651 g/mol. The zero-order valence-electron chi connectivity index (χ0n) is 27.3. The number of benzene rings is 2. The third kappa shape index (κ3) is 5.42. The van der Waals surface area contributed by atoms with Crippen LogP contribution in [0.25, 0.3) is 32.9 Å². The predicted octanol–water partition coefficient (Wildman–Crippen LogP) is 4.70. The number of hydrogen-bond donors (Lipinski definition) is 1. The standard InChI is InChI=1S/C36H36F2N8O2/c1-7-24-27(37)11-10-21-14-23(47)15-25(30(21)24)32-31(38)33-26(16-40-32)34(42-35(41-33)46-17-22(18-46)43(4)5)45-13-9-12-36(3,20-39)28(19-45)44(6)29(48)8-2/h1,8,10-11,14-16,22,28,47H,2,9,12-13,17-19H2,3-6H3. The van der Waals surface area contributed by atoms with Gasteiger partial charge in [-0.05, 0) is 63.5 Å². The predicted molar refractivity (Wildman–Crippen MR) is 181 cm³/mol. The topological polar surface area (TPSA) is 113 Å². The number of pyridine rings is 1. The summed E-state index contributed by atoms with van der Waals surface area (Å²) in [6, 6.07) is 7.59. The van der Waals surface area contributed by atoms with E-state index in [-0.39, 0.29) is 52.0 Å². The molecule has 2 aliphatic rings. The zero-order valence-corrected chi connectivity index (χ0v) is 27.3. The Bertz CT molecular complexity index is 2050. The minimum absolute atomic E-state index is 0.0113. The maximum Gasteiger partial charge on any atom is 0.246 e. The molecule has 2 atom stereocenters. The Morgan fingerprint density at radius 2 is 1.94 bits per heavy atom. The lowest BCUT2D eigenvalue weighted by Gasteiger charge is -2.43. The van der Waals surface area contributed by atoms with Gasteiger partial charge in [0, 0.05) is 56.4 Å². The normalized spacial score (nSPS) is 19.9. The highest BCUT2D eigenvalue weighted by Gasteiger charge is 2.42. The first kappa shape index (κ1) is 32.6. The van der Waals surface area contributed by atoms with E-state index in [1.165, 1.54) is 41.4 Å². The minimum Gasteiger partial charge on any atom is -0.508 e. The zero-order chi connectivity index (χ0) is 34.5. The van der Waals surface area contributed by atoms with Crippen LogP contribution < -0.4 is 9.80 Å². The number of halogens is 2. The lowest BCUT2D eigenvalue weighted by atomic mass is 9.79. The Kier molecular flexibility index (Phi) is 8.40. The number of aromatic nitrogens is 3. The fourth-order valence-corrected chi connectivity index (χ4v) is 6.77. The number of carbonyl (C=O) groups excluding carboxylic acids is 1. The molecule has 2 aliphatic heterocycles. The highest BCUT2D eigenvalue weighted by atomic mass is 19.1. The van der Waals surface area contributed by atoms with Gasteiger partial charge in [0.05, 0.1) is 28.5 Å². The van der Waals surface area contributed by atoms with E-state index in [4.69, 9.17) is 16.4 Å². The molecule has 1 amide bonds. The maximum atomic E-state index is 17.0. The van der Waals surface area contributed by atoms with Crippen LogP contribution in [0, 0.1) is 40.7 Å². The van der Waals surface area contributed by atoms with Crippen molar-refractivity contribution in [3.05, 3.63) is 60.3 Å². The van der Waals surface area contributed by atoms with Crippen molar-refractivity contribution >= 4 is 39.3 Å². The number of phenols is 1. The van der Waals surface area contributed by atoms with Crippen LogP contribution in [0.1, 0.15) is 25.3 Å². The molecule has 2 unspecified atom stereocenters. The van der Waals surface area contributed by atoms with Gasteiger partial charge in [-0.1, -0.05) is 18.6 Å². The summed E-state index contributed by atoms with van der Waals surface area (Å²) in [4.78, 5) is 34.5. The molecular weight excluding hydrogens is 614 g/mol. The molecule has 246 valence electrons. The quantitative estimate of drug-likeness (QED) is 0.234. The van der Waals surface area contributed by atoms with E-state index in [2.05, 4.69) is 28.5 Å². The van der Waals surface area contributed by atoms with Gasteiger partial charge < -0.3 is 24.7 Å². The molecule has 0 spiro atoms. The molecule has 4 aromatic rings. The summed E-state index contributed by atoms with van der Waals surface area (Å²) in [6.07, 6.45) is 9.53. The molecule has 1 N–H and O–H groups in total. The molecule has 0 saturated carbocycles. The second-order valence-electron chi connectivity index (χ2n) is 13.0. The molecule has 0 aliphatic carbocycles. The van der Waals surface area contributed by atoms with Gasteiger partial charge in [-0.25, -0.2) is 13.8 Å². The molecule has 6 rings (SSSR count). The van der Waals surface area contributed by atoms with Crippen LogP contribution in [-0.4, -0.2) is 95.2 Å². The highest BCUT2D eigenvalue weighted by molar-refractivity contribution is 6.03. The Balaban J connectivity index is 1.56. The van der Waals surface area contributed by atoms with Gasteiger partial charge in [0.25, 0.3) is 0 Å². The van der Waals surface area contributed by atoms with Crippen LogP contribution in [0.5, 0.6) is 5.75 Å². The van der Waals surface area contributed by atoms with E-state index >= 15 is 4.39 Å². The van der Waals surface area contributed by atoms with Crippen molar-refractivity contribution in [2.45, 2.75) is 31.8 Å². The third-order valence-electron chi connectivity index (χ3n) is 9.78. The second-order valence-corrected chi connectivity index (χ2v) is 13.0. The average Bonchev–Trinajstić information content (AvgIpc) is 3.22. The summed E-state index contributed by atoms with van der Waals surface area (Å²) in [5, 5.41) is 21.8. The Morgan fingerprint density at radius 3 is 2.60 bits per heavy atom. The van der Waals surface area contributed by atoms with E-state index in [0.29, 0.717) is 55.0 Å². The first-order valence-corrected chi connectivity index (χ1v) is 15.7. The lowest BCUT2D eigenvalue weighted by molar-refractivity contribution is -0.128. The smallest absolute Gasteiger partial charge is 0.246 e. The summed E-state index contributed by atoms with van der Waals surface area (Å²) in [7, 11) is 5.63.